The molecule has 0 aliphatic carbocycles. The third-order valence-corrected chi connectivity index (χ3v) is 8.28. The van der Waals surface area contributed by atoms with Crippen molar-refractivity contribution in [2.45, 2.75) is 36.5 Å². The number of carbonyl (C=O) groups is 2. The van der Waals surface area contributed by atoms with Gasteiger partial charge in [-0.15, -0.1) is 11.3 Å². The van der Waals surface area contributed by atoms with E-state index in [1.807, 2.05) is 0 Å². The first-order valence-electron chi connectivity index (χ1n) is 9.33. The van der Waals surface area contributed by atoms with Gasteiger partial charge in [-0.25, -0.2) is 8.42 Å². The van der Waals surface area contributed by atoms with Gasteiger partial charge in [0.25, 0.3) is 15.9 Å². The summed E-state index contributed by atoms with van der Waals surface area (Å²) in [6, 6.07) is 8.25. The molecule has 0 saturated carbocycles. The van der Waals surface area contributed by atoms with Crippen LogP contribution in [0.5, 0.6) is 5.75 Å². The second kappa shape index (κ2) is 7.77. The minimum atomic E-state index is -3.47. The molecule has 154 valence electrons. The molecule has 29 heavy (non-hydrogen) atoms. The molecule has 2 N–H and O–H groups in total. The van der Waals surface area contributed by atoms with Gasteiger partial charge < -0.3 is 15.4 Å². The van der Waals surface area contributed by atoms with Crippen molar-refractivity contribution in [1.82, 2.24) is 4.31 Å². The van der Waals surface area contributed by atoms with Crippen LogP contribution in [-0.2, 0) is 26.0 Å². The Morgan fingerprint density at radius 3 is 2.79 bits per heavy atom. The van der Waals surface area contributed by atoms with Crippen LogP contribution in [0.3, 0.4) is 0 Å². The van der Waals surface area contributed by atoms with Gasteiger partial charge in [-0.2, -0.15) is 4.31 Å². The molecule has 1 aromatic heterocycles. The van der Waals surface area contributed by atoms with E-state index in [0.29, 0.717) is 35.1 Å². The lowest BCUT2D eigenvalue weighted by atomic mass is 10.2. The van der Waals surface area contributed by atoms with Crippen LogP contribution in [0.15, 0.2) is 34.5 Å². The van der Waals surface area contributed by atoms with Crippen molar-refractivity contribution in [2.75, 3.05) is 23.7 Å². The molecule has 2 aliphatic heterocycles. The predicted octanol–water partition coefficient (Wildman–Crippen LogP) is 2.43. The highest BCUT2D eigenvalue weighted by Gasteiger charge is 2.28. The van der Waals surface area contributed by atoms with Crippen LogP contribution in [0.4, 0.5) is 11.4 Å². The van der Waals surface area contributed by atoms with Gasteiger partial charge in [0.15, 0.2) is 6.10 Å². The van der Waals surface area contributed by atoms with E-state index < -0.39 is 16.1 Å². The van der Waals surface area contributed by atoms with E-state index >= 15 is 0 Å². The Hall–Kier alpha value is -2.43. The van der Waals surface area contributed by atoms with Gasteiger partial charge in [0.2, 0.25) is 5.91 Å². The first-order valence-corrected chi connectivity index (χ1v) is 11.6. The van der Waals surface area contributed by atoms with Crippen LogP contribution in [-0.4, -0.2) is 43.7 Å². The summed E-state index contributed by atoms with van der Waals surface area (Å²) < 4.78 is 32.5. The summed E-state index contributed by atoms with van der Waals surface area (Å²) in [6.45, 7) is 2.76. The second-order valence-corrected chi connectivity index (χ2v) is 10.4. The number of sulfonamides is 1. The maximum absolute atomic E-state index is 12.6. The van der Waals surface area contributed by atoms with Gasteiger partial charge in [0.05, 0.1) is 12.1 Å². The third kappa shape index (κ3) is 4.14. The Morgan fingerprint density at radius 1 is 1.28 bits per heavy atom. The maximum atomic E-state index is 12.6. The van der Waals surface area contributed by atoms with Crippen LogP contribution in [0.25, 0.3) is 0 Å². The van der Waals surface area contributed by atoms with E-state index in [4.69, 9.17) is 4.74 Å². The Kier molecular flexibility index (Phi) is 5.32. The number of amides is 2. The van der Waals surface area contributed by atoms with Crippen LogP contribution in [0.2, 0.25) is 0 Å². The molecule has 4 rings (SSSR count). The number of thiophene rings is 1. The zero-order chi connectivity index (χ0) is 20.6. The SMILES string of the molecule is C[C@@H]1Oc2ccc(NC(=O)Cc3ccc(S(=O)(=O)N4CCCC4)s3)cc2NC1=O. The normalized spacial score (nSPS) is 19.3. The van der Waals surface area contributed by atoms with Crippen molar-refractivity contribution in [3.63, 3.8) is 0 Å². The number of nitrogens with one attached hydrogen (secondary N) is 2. The van der Waals surface area contributed by atoms with Crippen LogP contribution < -0.4 is 15.4 Å². The molecule has 2 amide bonds. The second-order valence-electron chi connectivity index (χ2n) is 7.02. The Labute approximate surface area is 172 Å². The number of anilines is 2. The summed E-state index contributed by atoms with van der Waals surface area (Å²) in [5.74, 6) is 0.0322. The molecule has 0 bridgehead atoms. The smallest absolute Gasteiger partial charge is 0.265 e. The van der Waals surface area contributed by atoms with E-state index in [-0.39, 0.29) is 22.4 Å². The number of hydrogen-bond donors (Lipinski definition) is 2. The average molecular weight is 436 g/mol. The zero-order valence-corrected chi connectivity index (χ0v) is 17.4. The van der Waals surface area contributed by atoms with Crippen molar-refractivity contribution in [3.8, 4) is 5.75 Å². The van der Waals surface area contributed by atoms with Crippen LogP contribution >= 0.6 is 11.3 Å². The minimum absolute atomic E-state index is 0.0666. The monoisotopic (exact) mass is 435 g/mol. The number of nitrogens with zero attached hydrogens (tertiary/aromatic N) is 1. The maximum Gasteiger partial charge on any atom is 0.265 e. The number of ether oxygens (including phenoxy) is 1. The van der Waals surface area contributed by atoms with Gasteiger partial charge in [-0.1, -0.05) is 0 Å². The highest BCUT2D eigenvalue weighted by Crippen LogP contribution is 2.32. The number of rotatable bonds is 5. The molecule has 0 radical (unpaired) electrons. The lowest BCUT2D eigenvalue weighted by Crippen LogP contribution is -2.34. The topological polar surface area (TPSA) is 105 Å². The van der Waals surface area contributed by atoms with Crippen molar-refractivity contribution in [3.05, 3.63) is 35.2 Å². The first kappa shape index (κ1) is 19.9. The van der Waals surface area contributed by atoms with Crippen molar-refractivity contribution in [1.29, 1.82) is 0 Å². The Balaban J connectivity index is 1.41. The van der Waals surface area contributed by atoms with Crippen molar-refractivity contribution in [2.24, 2.45) is 0 Å². The fourth-order valence-electron chi connectivity index (χ4n) is 3.30. The molecule has 3 heterocycles. The molecular formula is C19H21N3O5S2. The lowest BCUT2D eigenvalue weighted by Gasteiger charge is -2.23. The number of fused-ring (bicyclic) bond motifs is 1. The standard InChI is InChI=1S/C19H21N3O5S2/c1-12-19(24)21-15-10-13(4-6-16(15)27-12)20-17(23)11-14-5-7-18(28-14)29(25,26)22-8-2-3-9-22/h4-7,10,12H,2-3,8-9,11H2,1H3,(H,20,23)(H,21,24)/t12-/m0/s1. The summed E-state index contributed by atoms with van der Waals surface area (Å²) in [7, 11) is -3.47. The van der Waals surface area contributed by atoms with E-state index in [9.17, 15) is 18.0 Å². The fourth-order valence-corrected chi connectivity index (χ4v) is 6.32. The largest absolute Gasteiger partial charge is 0.479 e. The lowest BCUT2D eigenvalue weighted by molar-refractivity contribution is -0.122. The minimum Gasteiger partial charge on any atom is -0.479 e. The first-order chi connectivity index (χ1) is 13.8. The highest BCUT2D eigenvalue weighted by molar-refractivity contribution is 7.91. The van der Waals surface area contributed by atoms with Crippen LogP contribution in [0.1, 0.15) is 24.6 Å². The predicted molar refractivity (Wildman–Crippen MR) is 110 cm³/mol. The summed E-state index contributed by atoms with van der Waals surface area (Å²) in [5, 5.41) is 5.51. The molecule has 0 unspecified atom stereocenters. The Bertz CT molecular complexity index is 1060. The molecule has 0 spiro atoms. The van der Waals surface area contributed by atoms with Crippen molar-refractivity contribution < 1.29 is 22.7 Å². The molecule has 2 aliphatic rings. The average Bonchev–Trinajstić information content (AvgIpc) is 3.35. The van der Waals surface area contributed by atoms with E-state index in [2.05, 4.69) is 10.6 Å². The number of benzene rings is 1. The van der Waals surface area contributed by atoms with Crippen LogP contribution in [0, 0.1) is 0 Å². The van der Waals surface area contributed by atoms with Gasteiger partial charge >= 0.3 is 0 Å². The molecular weight excluding hydrogens is 414 g/mol. The molecule has 1 aromatic carbocycles. The summed E-state index contributed by atoms with van der Waals surface area (Å²) >= 11 is 1.12. The summed E-state index contributed by atoms with van der Waals surface area (Å²) in [6.07, 6.45) is 1.26. The zero-order valence-electron chi connectivity index (χ0n) is 15.8. The van der Waals surface area contributed by atoms with E-state index in [1.165, 1.54) is 4.31 Å². The van der Waals surface area contributed by atoms with Gasteiger partial charge in [0, 0.05) is 23.7 Å². The molecule has 1 saturated heterocycles. The van der Waals surface area contributed by atoms with Gasteiger partial charge in [-0.3, -0.25) is 9.59 Å². The molecule has 8 nitrogen and oxygen atoms in total. The molecule has 1 fully saturated rings. The fraction of sp³-hybridized carbons (Fsp3) is 0.368. The molecule has 2 aromatic rings. The Morgan fingerprint density at radius 2 is 2.03 bits per heavy atom. The van der Waals surface area contributed by atoms with Crippen molar-refractivity contribution >= 4 is 44.5 Å². The van der Waals surface area contributed by atoms with E-state index in [1.54, 1.807) is 37.3 Å². The molecule has 10 heteroatoms. The summed E-state index contributed by atoms with van der Waals surface area (Å²) in [4.78, 5) is 24.8. The quantitative estimate of drug-likeness (QED) is 0.751. The van der Waals surface area contributed by atoms with Gasteiger partial charge in [0.1, 0.15) is 9.96 Å². The number of carbonyl (C=O) groups excluding carboxylic acids is 2. The highest BCUT2D eigenvalue weighted by atomic mass is 32.2. The molecule has 1 atom stereocenters. The number of hydrogen-bond acceptors (Lipinski definition) is 6. The van der Waals surface area contributed by atoms with Gasteiger partial charge in [-0.05, 0) is 50.1 Å². The third-order valence-electron chi connectivity index (χ3n) is 4.83. The summed E-state index contributed by atoms with van der Waals surface area (Å²) in [5.41, 5.74) is 1.02. The van der Waals surface area contributed by atoms with E-state index in [0.717, 1.165) is 24.2 Å².